The number of benzene rings is 1. The molecule has 1 aromatic heterocycles. The molecule has 1 fully saturated rings. The van der Waals surface area contributed by atoms with E-state index in [0.29, 0.717) is 5.92 Å². The molecule has 0 radical (unpaired) electrons. The van der Waals surface area contributed by atoms with E-state index in [1.807, 2.05) is 30.2 Å². The summed E-state index contributed by atoms with van der Waals surface area (Å²) in [5.74, 6) is 1.61. The van der Waals surface area contributed by atoms with E-state index in [9.17, 15) is 4.79 Å². The minimum atomic E-state index is 0.152. The van der Waals surface area contributed by atoms with Crippen LogP contribution in [-0.4, -0.2) is 44.9 Å². The molecule has 0 saturated carbocycles. The first-order valence-corrected chi connectivity index (χ1v) is 9.68. The molecular formula is C18H24N4OS. The maximum atomic E-state index is 12.9. The number of amides is 1. The Morgan fingerprint density at radius 1 is 1.33 bits per heavy atom. The zero-order chi connectivity index (χ0) is 17.1. The summed E-state index contributed by atoms with van der Waals surface area (Å²) in [5, 5.41) is 8.31. The summed E-state index contributed by atoms with van der Waals surface area (Å²) in [5.41, 5.74) is 1.88. The van der Waals surface area contributed by atoms with Gasteiger partial charge in [-0.25, -0.2) is 0 Å². The van der Waals surface area contributed by atoms with Gasteiger partial charge in [-0.3, -0.25) is 4.79 Å². The second-order valence-electron chi connectivity index (χ2n) is 6.22. The summed E-state index contributed by atoms with van der Waals surface area (Å²) in [6.07, 6.45) is 5.73. The second-order valence-corrected chi connectivity index (χ2v) is 7.10. The smallest absolute Gasteiger partial charge is 0.254 e. The third-order valence-electron chi connectivity index (χ3n) is 4.81. The minimum absolute atomic E-state index is 0.152. The number of hydrogen-bond donors (Lipinski definition) is 0. The van der Waals surface area contributed by atoms with E-state index >= 15 is 0 Å². The SMILES string of the molecule is CCn1cnnc1C1CCN(C(=O)c2cc(SC)ccc2C)CC1. The lowest BCUT2D eigenvalue weighted by molar-refractivity contribution is 0.0709. The maximum absolute atomic E-state index is 12.9. The third kappa shape index (κ3) is 3.34. The summed E-state index contributed by atoms with van der Waals surface area (Å²) < 4.78 is 2.11. The van der Waals surface area contributed by atoms with Crippen LogP contribution in [0.25, 0.3) is 0 Å². The van der Waals surface area contributed by atoms with Gasteiger partial charge in [-0.15, -0.1) is 22.0 Å². The van der Waals surface area contributed by atoms with E-state index in [1.165, 1.54) is 0 Å². The van der Waals surface area contributed by atoms with Crippen LogP contribution in [0.4, 0.5) is 0 Å². The number of hydrogen-bond acceptors (Lipinski definition) is 4. The molecule has 1 aromatic carbocycles. The van der Waals surface area contributed by atoms with E-state index in [4.69, 9.17) is 0 Å². The molecule has 1 aliphatic rings. The number of rotatable bonds is 4. The average molecular weight is 344 g/mol. The summed E-state index contributed by atoms with van der Waals surface area (Å²) in [6.45, 7) is 6.56. The highest BCUT2D eigenvalue weighted by Gasteiger charge is 2.27. The molecule has 2 heterocycles. The highest BCUT2D eigenvalue weighted by atomic mass is 32.2. The molecule has 0 atom stereocenters. The molecule has 0 bridgehead atoms. The van der Waals surface area contributed by atoms with Crippen molar-refractivity contribution in [3.8, 4) is 0 Å². The van der Waals surface area contributed by atoms with E-state index in [0.717, 1.165) is 54.3 Å². The number of aromatic nitrogens is 3. The molecule has 6 heteroatoms. The van der Waals surface area contributed by atoms with Gasteiger partial charge in [-0.2, -0.15) is 0 Å². The predicted molar refractivity (Wildman–Crippen MR) is 96.5 cm³/mol. The number of nitrogens with zero attached hydrogens (tertiary/aromatic N) is 4. The van der Waals surface area contributed by atoms with Crippen LogP contribution in [0.15, 0.2) is 29.4 Å². The van der Waals surface area contributed by atoms with Crippen LogP contribution in [0.2, 0.25) is 0 Å². The first-order chi connectivity index (χ1) is 11.6. The topological polar surface area (TPSA) is 51.0 Å². The number of aryl methyl sites for hydroxylation is 2. The van der Waals surface area contributed by atoms with Crippen LogP contribution in [-0.2, 0) is 6.54 Å². The first kappa shape index (κ1) is 17.0. The van der Waals surface area contributed by atoms with Crippen molar-refractivity contribution in [2.24, 2.45) is 0 Å². The second kappa shape index (κ2) is 7.38. The minimum Gasteiger partial charge on any atom is -0.339 e. The van der Waals surface area contributed by atoms with Crippen molar-refractivity contribution < 1.29 is 4.79 Å². The Bertz CT molecular complexity index is 720. The standard InChI is InChI=1S/C18H24N4OS/c1-4-21-12-19-20-17(21)14-7-9-22(10-8-14)18(23)16-11-15(24-3)6-5-13(16)2/h5-6,11-12,14H,4,7-10H2,1-3H3. The lowest BCUT2D eigenvalue weighted by Crippen LogP contribution is -2.38. The van der Waals surface area contributed by atoms with Crippen molar-refractivity contribution in [2.45, 2.75) is 44.0 Å². The van der Waals surface area contributed by atoms with Gasteiger partial charge in [0.2, 0.25) is 0 Å². The van der Waals surface area contributed by atoms with Crippen molar-refractivity contribution in [3.05, 3.63) is 41.5 Å². The van der Waals surface area contributed by atoms with Gasteiger partial charge in [0.05, 0.1) is 0 Å². The molecule has 0 spiro atoms. The van der Waals surface area contributed by atoms with Crippen molar-refractivity contribution >= 4 is 17.7 Å². The van der Waals surface area contributed by atoms with Gasteiger partial charge in [-0.1, -0.05) is 6.07 Å². The first-order valence-electron chi connectivity index (χ1n) is 8.45. The van der Waals surface area contributed by atoms with Gasteiger partial charge in [0.1, 0.15) is 12.2 Å². The van der Waals surface area contributed by atoms with E-state index < -0.39 is 0 Å². The highest BCUT2D eigenvalue weighted by Crippen LogP contribution is 2.28. The third-order valence-corrected chi connectivity index (χ3v) is 5.53. The zero-order valence-electron chi connectivity index (χ0n) is 14.5. The van der Waals surface area contributed by atoms with Gasteiger partial charge in [-0.05, 0) is 50.6 Å². The number of likely N-dealkylation sites (tertiary alicyclic amines) is 1. The monoisotopic (exact) mass is 344 g/mol. The fraction of sp³-hybridized carbons (Fsp3) is 0.500. The molecule has 128 valence electrons. The summed E-state index contributed by atoms with van der Waals surface area (Å²) in [4.78, 5) is 16.0. The molecule has 0 N–H and O–H groups in total. The van der Waals surface area contributed by atoms with Crippen molar-refractivity contribution in [1.29, 1.82) is 0 Å². The van der Waals surface area contributed by atoms with Crippen LogP contribution in [0.5, 0.6) is 0 Å². The Kier molecular flexibility index (Phi) is 5.23. The van der Waals surface area contributed by atoms with Crippen molar-refractivity contribution in [1.82, 2.24) is 19.7 Å². The molecule has 0 unspecified atom stereocenters. The van der Waals surface area contributed by atoms with Gasteiger partial charge in [0.15, 0.2) is 0 Å². The summed E-state index contributed by atoms with van der Waals surface area (Å²) in [7, 11) is 0. The van der Waals surface area contributed by atoms with Crippen LogP contribution in [0, 0.1) is 6.92 Å². The molecule has 5 nitrogen and oxygen atoms in total. The van der Waals surface area contributed by atoms with Gasteiger partial charge in [0.25, 0.3) is 5.91 Å². The maximum Gasteiger partial charge on any atom is 0.254 e. The van der Waals surface area contributed by atoms with Crippen LogP contribution in [0.1, 0.15) is 47.4 Å². The van der Waals surface area contributed by atoms with Crippen LogP contribution >= 0.6 is 11.8 Å². The van der Waals surface area contributed by atoms with Crippen molar-refractivity contribution in [3.63, 3.8) is 0 Å². The molecule has 1 saturated heterocycles. The molecule has 24 heavy (non-hydrogen) atoms. The Labute approximate surface area is 147 Å². The fourth-order valence-electron chi connectivity index (χ4n) is 3.29. The average Bonchev–Trinajstić information content (AvgIpc) is 3.10. The Morgan fingerprint density at radius 3 is 2.75 bits per heavy atom. The summed E-state index contributed by atoms with van der Waals surface area (Å²) in [6, 6.07) is 6.12. The normalized spacial score (nSPS) is 15.7. The number of thioether (sulfide) groups is 1. The molecule has 1 aliphatic heterocycles. The molecule has 0 aliphatic carbocycles. The Hall–Kier alpha value is -1.82. The van der Waals surface area contributed by atoms with Gasteiger partial charge >= 0.3 is 0 Å². The predicted octanol–water partition coefficient (Wildman–Crippen LogP) is 3.35. The van der Waals surface area contributed by atoms with E-state index in [-0.39, 0.29) is 5.91 Å². The number of carbonyl (C=O) groups is 1. The Morgan fingerprint density at radius 2 is 2.08 bits per heavy atom. The van der Waals surface area contributed by atoms with Crippen LogP contribution < -0.4 is 0 Å². The van der Waals surface area contributed by atoms with Crippen LogP contribution in [0.3, 0.4) is 0 Å². The lowest BCUT2D eigenvalue weighted by Gasteiger charge is -2.32. The fourth-order valence-corrected chi connectivity index (χ4v) is 3.73. The van der Waals surface area contributed by atoms with Gasteiger partial charge < -0.3 is 9.47 Å². The Balaban J connectivity index is 1.69. The zero-order valence-corrected chi connectivity index (χ0v) is 15.3. The number of carbonyl (C=O) groups excluding carboxylic acids is 1. The quantitative estimate of drug-likeness (QED) is 0.798. The number of piperidine rings is 1. The highest BCUT2D eigenvalue weighted by molar-refractivity contribution is 7.98. The summed E-state index contributed by atoms with van der Waals surface area (Å²) >= 11 is 1.67. The molecule has 2 aromatic rings. The lowest BCUT2D eigenvalue weighted by atomic mass is 9.95. The van der Waals surface area contributed by atoms with E-state index in [1.54, 1.807) is 18.1 Å². The van der Waals surface area contributed by atoms with E-state index in [2.05, 4.69) is 27.8 Å². The van der Waals surface area contributed by atoms with Crippen molar-refractivity contribution in [2.75, 3.05) is 19.3 Å². The molecular weight excluding hydrogens is 320 g/mol. The molecule has 3 rings (SSSR count). The molecule has 1 amide bonds. The van der Waals surface area contributed by atoms with Gasteiger partial charge in [0, 0.05) is 36.0 Å². The largest absolute Gasteiger partial charge is 0.339 e.